The summed E-state index contributed by atoms with van der Waals surface area (Å²) in [7, 11) is -7.80. The molecule has 3 rings (SSSR count). The first-order valence-corrected chi connectivity index (χ1v) is 9.91. The van der Waals surface area contributed by atoms with Gasteiger partial charge in [0, 0.05) is 11.6 Å². The number of rotatable bonds is 4. The molecule has 0 amide bonds. The van der Waals surface area contributed by atoms with Crippen molar-refractivity contribution >= 4 is 30.8 Å². The molecule has 23 heavy (non-hydrogen) atoms. The highest BCUT2D eigenvalue weighted by Crippen LogP contribution is 2.21. The Balaban J connectivity index is 2.10. The first kappa shape index (κ1) is 15.5. The van der Waals surface area contributed by atoms with Gasteiger partial charge in [0.2, 0.25) is 0 Å². The Bertz CT molecular complexity index is 1090. The maximum atomic E-state index is 12.6. The lowest BCUT2D eigenvalue weighted by Crippen LogP contribution is -2.25. The predicted molar refractivity (Wildman–Crippen MR) is 85.8 cm³/mol. The van der Waals surface area contributed by atoms with Gasteiger partial charge < -0.3 is 0 Å². The highest BCUT2D eigenvalue weighted by atomic mass is 32.2. The lowest BCUT2D eigenvalue weighted by molar-refractivity contribution is 0.583. The lowest BCUT2D eigenvalue weighted by Gasteiger charge is -2.11. The van der Waals surface area contributed by atoms with Crippen molar-refractivity contribution in [2.45, 2.75) is 9.79 Å². The number of hydrogen-bond donors (Lipinski definition) is 1. The molecule has 120 valence electrons. The second kappa shape index (κ2) is 5.36. The third-order valence-corrected chi connectivity index (χ3v) is 5.85. The standard InChI is InChI=1S/C14H13N3O4S2/c1-22(18,19)13-8-4-5-9-14(13)23(20,21)16-17-12-7-3-2-6-11(12)10-15-17/h2-10,16H,1H3. The van der Waals surface area contributed by atoms with Gasteiger partial charge in [0.15, 0.2) is 9.84 Å². The van der Waals surface area contributed by atoms with E-state index >= 15 is 0 Å². The number of aromatic nitrogens is 2. The smallest absolute Gasteiger partial charge is 0.224 e. The minimum Gasteiger partial charge on any atom is -0.224 e. The molecular weight excluding hydrogens is 338 g/mol. The fourth-order valence-electron chi connectivity index (χ4n) is 2.19. The van der Waals surface area contributed by atoms with Crippen molar-refractivity contribution in [3.05, 3.63) is 54.7 Å². The van der Waals surface area contributed by atoms with Gasteiger partial charge >= 0.3 is 0 Å². The second-order valence-electron chi connectivity index (χ2n) is 4.93. The van der Waals surface area contributed by atoms with Crippen LogP contribution in [0.5, 0.6) is 0 Å². The van der Waals surface area contributed by atoms with Gasteiger partial charge in [-0.2, -0.15) is 23.1 Å². The average molecular weight is 351 g/mol. The Morgan fingerprint density at radius 2 is 1.52 bits per heavy atom. The summed E-state index contributed by atoms with van der Waals surface area (Å²) < 4.78 is 48.7. The van der Waals surface area contributed by atoms with Gasteiger partial charge in [0.1, 0.15) is 4.90 Å². The van der Waals surface area contributed by atoms with Crippen LogP contribution in [-0.2, 0) is 19.9 Å². The molecule has 0 unspecified atom stereocenters. The van der Waals surface area contributed by atoms with E-state index in [1.807, 2.05) is 6.07 Å². The second-order valence-corrected chi connectivity index (χ2v) is 8.54. The molecule has 0 spiro atoms. The first-order valence-electron chi connectivity index (χ1n) is 6.54. The van der Waals surface area contributed by atoms with Crippen LogP contribution in [0, 0.1) is 0 Å². The summed E-state index contributed by atoms with van der Waals surface area (Å²) in [6.45, 7) is 0. The minimum atomic E-state index is -4.12. The highest BCUT2D eigenvalue weighted by molar-refractivity contribution is 7.94. The Labute approximate surface area is 133 Å². The molecule has 1 aromatic heterocycles. The molecule has 0 fully saturated rings. The fourth-order valence-corrected chi connectivity index (χ4v) is 4.79. The summed E-state index contributed by atoms with van der Waals surface area (Å²) in [5.41, 5.74) is 0.563. The highest BCUT2D eigenvalue weighted by Gasteiger charge is 2.24. The maximum Gasteiger partial charge on any atom is 0.277 e. The van der Waals surface area contributed by atoms with Crippen molar-refractivity contribution in [2.75, 3.05) is 11.1 Å². The van der Waals surface area contributed by atoms with Crippen molar-refractivity contribution in [3.63, 3.8) is 0 Å². The molecule has 1 heterocycles. The lowest BCUT2D eigenvalue weighted by atomic mass is 10.3. The van der Waals surface area contributed by atoms with Gasteiger partial charge in [-0.15, -0.1) is 0 Å². The Kier molecular flexibility index (Phi) is 3.61. The molecule has 1 N–H and O–H groups in total. The molecule has 0 radical (unpaired) electrons. The minimum absolute atomic E-state index is 0.260. The fraction of sp³-hybridized carbons (Fsp3) is 0.0714. The zero-order valence-electron chi connectivity index (χ0n) is 12.0. The van der Waals surface area contributed by atoms with Crippen molar-refractivity contribution in [1.29, 1.82) is 0 Å². The molecule has 0 aliphatic rings. The van der Waals surface area contributed by atoms with E-state index in [2.05, 4.69) is 9.93 Å². The summed E-state index contributed by atoms with van der Waals surface area (Å²) in [5.74, 6) is 0. The van der Waals surface area contributed by atoms with E-state index in [1.165, 1.54) is 30.5 Å². The van der Waals surface area contributed by atoms with E-state index < -0.39 is 19.9 Å². The monoisotopic (exact) mass is 351 g/mol. The first-order chi connectivity index (χ1) is 10.8. The van der Waals surface area contributed by atoms with E-state index in [0.717, 1.165) is 16.4 Å². The van der Waals surface area contributed by atoms with Gasteiger partial charge in [0.05, 0.1) is 16.6 Å². The van der Waals surface area contributed by atoms with Gasteiger partial charge in [-0.1, -0.05) is 30.3 Å². The number of para-hydroxylation sites is 1. The Morgan fingerprint density at radius 3 is 2.22 bits per heavy atom. The number of hydrogen-bond acceptors (Lipinski definition) is 5. The molecule has 0 atom stereocenters. The quantitative estimate of drug-likeness (QED) is 0.765. The van der Waals surface area contributed by atoms with Crippen molar-refractivity contribution in [1.82, 2.24) is 9.89 Å². The Hall–Kier alpha value is -2.39. The molecule has 0 saturated heterocycles. The summed E-state index contributed by atoms with van der Waals surface area (Å²) in [5, 5.41) is 4.73. The normalized spacial score (nSPS) is 12.4. The molecule has 0 aliphatic carbocycles. The van der Waals surface area contributed by atoms with Crippen LogP contribution in [0.4, 0.5) is 0 Å². The number of sulfone groups is 1. The van der Waals surface area contributed by atoms with E-state index in [-0.39, 0.29) is 9.79 Å². The van der Waals surface area contributed by atoms with Crippen molar-refractivity contribution < 1.29 is 16.8 Å². The van der Waals surface area contributed by atoms with Crippen LogP contribution < -0.4 is 4.83 Å². The molecule has 3 aromatic rings. The van der Waals surface area contributed by atoms with Gasteiger partial charge in [-0.3, -0.25) is 0 Å². The van der Waals surface area contributed by atoms with Crippen LogP contribution in [0.25, 0.3) is 10.9 Å². The van der Waals surface area contributed by atoms with Gasteiger partial charge in [-0.05, 0) is 18.2 Å². The zero-order chi connectivity index (χ0) is 16.7. The topological polar surface area (TPSA) is 98.1 Å². The van der Waals surface area contributed by atoms with Crippen LogP contribution in [0.2, 0.25) is 0 Å². The molecule has 0 bridgehead atoms. The average Bonchev–Trinajstić information content (AvgIpc) is 2.89. The van der Waals surface area contributed by atoms with E-state index in [0.29, 0.717) is 5.52 Å². The largest absolute Gasteiger partial charge is 0.277 e. The third kappa shape index (κ3) is 2.92. The number of nitrogens with zero attached hydrogens (tertiary/aromatic N) is 2. The van der Waals surface area contributed by atoms with Crippen LogP contribution in [0.1, 0.15) is 0 Å². The number of benzene rings is 2. The SMILES string of the molecule is CS(=O)(=O)c1ccccc1S(=O)(=O)Nn1ncc2ccccc21. The van der Waals surface area contributed by atoms with E-state index in [4.69, 9.17) is 0 Å². The van der Waals surface area contributed by atoms with Crippen molar-refractivity contribution in [3.8, 4) is 0 Å². The van der Waals surface area contributed by atoms with Crippen molar-refractivity contribution in [2.24, 2.45) is 0 Å². The third-order valence-electron chi connectivity index (χ3n) is 3.22. The van der Waals surface area contributed by atoms with Crippen LogP contribution in [0.3, 0.4) is 0 Å². The zero-order valence-corrected chi connectivity index (χ0v) is 13.7. The summed E-state index contributed by atoms with van der Waals surface area (Å²) in [4.78, 5) is 2.81. The van der Waals surface area contributed by atoms with Crippen LogP contribution in [-0.4, -0.2) is 33.0 Å². The Morgan fingerprint density at radius 1 is 0.913 bits per heavy atom. The summed E-state index contributed by atoms with van der Waals surface area (Å²) >= 11 is 0. The van der Waals surface area contributed by atoms with Crippen LogP contribution in [0.15, 0.2) is 64.5 Å². The molecule has 7 nitrogen and oxygen atoms in total. The van der Waals surface area contributed by atoms with Gasteiger partial charge in [-0.25, -0.2) is 8.42 Å². The van der Waals surface area contributed by atoms with E-state index in [1.54, 1.807) is 18.2 Å². The maximum absolute atomic E-state index is 12.6. The van der Waals surface area contributed by atoms with Crippen LogP contribution >= 0.6 is 0 Å². The summed E-state index contributed by atoms with van der Waals surface area (Å²) in [6.07, 6.45) is 2.48. The molecule has 0 saturated carbocycles. The van der Waals surface area contributed by atoms with Gasteiger partial charge in [0.25, 0.3) is 10.0 Å². The predicted octanol–water partition coefficient (Wildman–Crippen LogP) is 1.37. The molecule has 2 aromatic carbocycles. The molecule has 0 aliphatic heterocycles. The number of nitrogens with one attached hydrogen (secondary N) is 1. The van der Waals surface area contributed by atoms with E-state index in [9.17, 15) is 16.8 Å². The number of sulfonamides is 1. The summed E-state index contributed by atoms with van der Waals surface area (Å²) in [6, 6.07) is 12.5. The number of fused-ring (bicyclic) bond motifs is 1. The molecule has 9 heteroatoms. The molecular formula is C14H13N3O4S2.